The van der Waals surface area contributed by atoms with Crippen LogP contribution in [0.15, 0.2) is 63.3 Å². The van der Waals surface area contributed by atoms with Gasteiger partial charge >= 0.3 is 0 Å². The number of amides is 1. The minimum absolute atomic E-state index is 0.114. The van der Waals surface area contributed by atoms with Gasteiger partial charge in [-0.15, -0.1) is 0 Å². The average Bonchev–Trinajstić information content (AvgIpc) is 2.82. The Labute approximate surface area is 186 Å². The van der Waals surface area contributed by atoms with E-state index in [-0.39, 0.29) is 16.1 Å². The third-order valence-corrected chi connectivity index (χ3v) is 6.41. The number of carbonyl (C=O) groups excluding carboxylic acids is 1. The van der Waals surface area contributed by atoms with Gasteiger partial charge in [0, 0.05) is 11.9 Å². The van der Waals surface area contributed by atoms with Crippen molar-refractivity contribution < 1.29 is 13.2 Å². The maximum absolute atomic E-state index is 12.9. The number of hydrogen-bond donors (Lipinski definition) is 2. The van der Waals surface area contributed by atoms with Gasteiger partial charge in [0.2, 0.25) is 10.0 Å². The Morgan fingerprint density at radius 3 is 2.38 bits per heavy atom. The van der Waals surface area contributed by atoms with E-state index in [1.54, 1.807) is 43.3 Å². The van der Waals surface area contributed by atoms with Gasteiger partial charge in [0.1, 0.15) is 0 Å². The molecule has 3 rings (SSSR count). The number of aromatic nitrogens is 2. The number of aryl methyl sites for hydroxylation is 1. The van der Waals surface area contributed by atoms with Gasteiger partial charge in [-0.05, 0) is 44.2 Å². The fourth-order valence-corrected chi connectivity index (χ4v) is 3.84. The Morgan fingerprint density at radius 2 is 1.75 bits per heavy atom. The molecule has 0 unspecified atom stereocenters. The number of benzene rings is 2. The number of rotatable bonds is 8. The summed E-state index contributed by atoms with van der Waals surface area (Å²) in [7, 11) is -2.19. The first kappa shape index (κ1) is 23.3. The maximum atomic E-state index is 12.9. The van der Waals surface area contributed by atoms with E-state index in [0.29, 0.717) is 28.6 Å². The third-order valence-electron chi connectivity index (χ3n) is 4.98. The lowest BCUT2D eigenvalue weighted by Gasteiger charge is -2.10. The molecule has 0 saturated heterocycles. The summed E-state index contributed by atoms with van der Waals surface area (Å²) in [5.74, 6) is -0.542. The van der Waals surface area contributed by atoms with Crippen LogP contribution in [0.3, 0.4) is 0 Å². The lowest BCUT2D eigenvalue weighted by Crippen LogP contribution is -2.29. The van der Waals surface area contributed by atoms with Crippen molar-refractivity contribution in [3.63, 3.8) is 0 Å². The van der Waals surface area contributed by atoms with Crippen molar-refractivity contribution in [2.24, 2.45) is 5.10 Å². The van der Waals surface area contributed by atoms with Crippen LogP contribution in [0, 0.1) is 0 Å². The molecule has 0 bridgehead atoms. The van der Waals surface area contributed by atoms with E-state index in [1.165, 1.54) is 23.9 Å². The molecule has 0 atom stereocenters. The predicted molar refractivity (Wildman–Crippen MR) is 123 cm³/mol. The van der Waals surface area contributed by atoms with E-state index in [0.717, 1.165) is 12.8 Å². The molecule has 2 aromatic carbocycles. The molecule has 0 saturated carbocycles. The summed E-state index contributed by atoms with van der Waals surface area (Å²) in [5, 5.41) is 9.29. The molecule has 0 aliphatic rings. The van der Waals surface area contributed by atoms with Crippen LogP contribution in [-0.4, -0.2) is 36.9 Å². The fourth-order valence-electron chi connectivity index (χ4n) is 3.11. The van der Waals surface area contributed by atoms with Crippen LogP contribution < -0.4 is 15.7 Å². The molecule has 1 amide bonds. The van der Waals surface area contributed by atoms with Gasteiger partial charge in [-0.25, -0.2) is 23.2 Å². The number of unbranched alkanes of at least 4 members (excludes halogenated alkanes) is 1. The van der Waals surface area contributed by atoms with Crippen molar-refractivity contribution in [3.05, 3.63) is 70.1 Å². The number of sulfonamides is 1. The molecule has 168 valence electrons. The van der Waals surface area contributed by atoms with Gasteiger partial charge in [0.25, 0.3) is 11.5 Å². The van der Waals surface area contributed by atoms with Crippen LogP contribution in [0.5, 0.6) is 0 Å². The molecule has 9 nitrogen and oxygen atoms in total. The summed E-state index contributed by atoms with van der Waals surface area (Å²) in [5.41, 5.74) is 3.49. The molecule has 0 aliphatic heterocycles. The predicted octanol–water partition coefficient (Wildman–Crippen LogP) is 2.26. The second kappa shape index (κ2) is 9.84. The van der Waals surface area contributed by atoms with E-state index in [2.05, 4.69) is 20.3 Å². The standard InChI is InChI=1S/C22H25N5O4S/c1-4-5-14-27-22(29)19-9-7-6-8-18(19)20(26-27)21(28)25-24-15(2)16-10-12-17(13-11-16)32(30,31)23-3/h6-13,23H,4-5,14H2,1-3H3,(H,25,28)/b24-15+. The third kappa shape index (κ3) is 4.92. The minimum atomic E-state index is -3.53. The zero-order valence-corrected chi connectivity index (χ0v) is 18.9. The Bertz CT molecular complexity index is 1330. The van der Waals surface area contributed by atoms with Gasteiger partial charge < -0.3 is 0 Å². The van der Waals surface area contributed by atoms with Crippen molar-refractivity contribution in [2.45, 2.75) is 38.1 Å². The van der Waals surface area contributed by atoms with Crippen molar-refractivity contribution >= 4 is 32.4 Å². The Kier molecular flexibility index (Phi) is 7.16. The van der Waals surface area contributed by atoms with Crippen LogP contribution in [0.25, 0.3) is 10.8 Å². The molecule has 1 aromatic heterocycles. The molecule has 10 heteroatoms. The topological polar surface area (TPSA) is 123 Å². The van der Waals surface area contributed by atoms with Crippen molar-refractivity contribution in [2.75, 3.05) is 7.05 Å². The lowest BCUT2D eigenvalue weighted by molar-refractivity contribution is 0.0949. The van der Waals surface area contributed by atoms with Gasteiger partial charge in [-0.1, -0.05) is 43.7 Å². The summed E-state index contributed by atoms with van der Waals surface area (Å²) in [6.07, 6.45) is 1.66. The van der Waals surface area contributed by atoms with Gasteiger partial charge in [0.05, 0.1) is 16.0 Å². The molecule has 0 fully saturated rings. The first-order valence-electron chi connectivity index (χ1n) is 10.2. The van der Waals surface area contributed by atoms with Crippen LogP contribution in [0.4, 0.5) is 0 Å². The molecule has 3 aromatic rings. The summed E-state index contributed by atoms with van der Waals surface area (Å²) >= 11 is 0. The maximum Gasteiger partial charge on any atom is 0.292 e. The van der Waals surface area contributed by atoms with Crippen molar-refractivity contribution in [3.8, 4) is 0 Å². The Balaban J connectivity index is 1.89. The highest BCUT2D eigenvalue weighted by Gasteiger charge is 2.17. The number of hydrazone groups is 1. The summed E-state index contributed by atoms with van der Waals surface area (Å²) < 4.78 is 27.3. The van der Waals surface area contributed by atoms with E-state index >= 15 is 0 Å². The monoisotopic (exact) mass is 455 g/mol. The van der Waals surface area contributed by atoms with E-state index in [9.17, 15) is 18.0 Å². The average molecular weight is 456 g/mol. The number of nitrogens with one attached hydrogen (secondary N) is 2. The fraction of sp³-hybridized carbons (Fsp3) is 0.273. The summed E-state index contributed by atoms with van der Waals surface area (Å²) in [6.45, 7) is 4.12. The molecule has 0 radical (unpaired) electrons. The van der Waals surface area contributed by atoms with Gasteiger partial charge in [0.15, 0.2) is 5.69 Å². The molecule has 0 aliphatic carbocycles. The zero-order chi connectivity index (χ0) is 23.3. The van der Waals surface area contributed by atoms with Crippen molar-refractivity contribution in [1.29, 1.82) is 0 Å². The zero-order valence-electron chi connectivity index (χ0n) is 18.1. The number of carbonyl (C=O) groups is 1. The van der Waals surface area contributed by atoms with Gasteiger partial charge in [-0.2, -0.15) is 10.2 Å². The van der Waals surface area contributed by atoms with E-state index in [1.807, 2.05) is 6.92 Å². The normalized spacial score (nSPS) is 12.2. The highest BCUT2D eigenvalue weighted by Crippen LogP contribution is 2.14. The minimum Gasteiger partial charge on any atom is -0.267 e. The van der Waals surface area contributed by atoms with E-state index < -0.39 is 15.9 Å². The van der Waals surface area contributed by atoms with Crippen LogP contribution in [0.1, 0.15) is 42.7 Å². The summed E-state index contributed by atoms with van der Waals surface area (Å²) in [6, 6.07) is 13.0. The van der Waals surface area contributed by atoms with E-state index in [4.69, 9.17) is 0 Å². The Hall–Kier alpha value is -3.37. The molecule has 2 N–H and O–H groups in total. The first-order chi connectivity index (χ1) is 15.3. The largest absolute Gasteiger partial charge is 0.292 e. The second-order valence-electron chi connectivity index (χ2n) is 7.15. The number of hydrogen-bond acceptors (Lipinski definition) is 6. The number of nitrogens with zero attached hydrogens (tertiary/aromatic N) is 3. The van der Waals surface area contributed by atoms with Crippen LogP contribution in [0.2, 0.25) is 0 Å². The lowest BCUT2D eigenvalue weighted by atomic mass is 10.1. The molecule has 1 heterocycles. The van der Waals surface area contributed by atoms with Crippen LogP contribution >= 0.6 is 0 Å². The smallest absolute Gasteiger partial charge is 0.267 e. The van der Waals surface area contributed by atoms with Gasteiger partial charge in [-0.3, -0.25) is 9.59 Å². The second-order valence-corrected chi connectivity index (χ2v) is 9.03. The molecular weight excluding hydrogens is 430 g/mol. The quantitative estimate of drug-likeness (QED) is 0.398. The highest BCUT2D eigenvalue weighted by molar-refractivity contribution is 7.89. The first-order valence-corrected chi connectivity index (χ1v) is 11.6. The molecule has 0 spiro atoms. The molecule has 32 heavy (non-hydrogen) atoms. The Morgan fingerprint density at radius 1 is 1.09 bits per heavy atom. The van der Waals surface area contributed by atoms with Crippen LogP contribution in [-0.2, 0) is 16.6 Å². The molecular formula is C22H25N5O4S. The SMILES string of the molecule is CCCCn1nc(C(=O)N/N=C(\C)c2ccc(S(=O)(=O)NC)cc2)c2ccccc2c1=O. The van der Waals surface area contributed by atoms with Crippen molar-refractivity contribution in [1.82, 2.24) is 19.9 Å². The number of fused-ring (bicyclic) bond motifs is 1. The summed E-state index contributed by atoms with van der Waals surface area (Å²) in [4.78, 5) is 25.7. The highest BCUT2D eigenvalue weighted by atomic mass is 32.2.